The molecule has 4 atom stereocenters. The lowest BCUT2D eigenvalue weighted by atomic mass is 9.95. The van der Waals surface area contributed by atoms with Crippen LogP contribution in [-0.4, -0.2) is 97.9 Å². The zero-order valence-electron chi connectivity index (χ0n) is 23.2. The summed E-state index contributed by atoms with van der Waals surface area (Å²) in [7, 11) is 0. The van der Waals surface area contributed by atoms with E-state index in [0.29, 0.717) is 13.1 Å². The Kier molecular flexibility index (Phi) is 7.99. The fourth-order valence-corrected chi connectivity index (χ4v) is 7.07. The van der Waals surface area contributed by atoms with Crippen molar-refractivity contribution in [3.05, 3.63) is 102 Å². The van der Waals surface area contributed by atoms with Gasteiger partial charge in [0.25, 0.3) is 0 Å². The molecule has 1 N–H and O–H groups in total. The Bertz CT molecular complexity index is 1460. The molecular formula is C32H33N5O4S. The molecule has 0 radical (unpaired) electrons. The number of phenolic OH excluding ortho intramolecular Hbond substituents is 1. The maximum atomic E-state index is 14.2. The van der Waals surface area contributed by atoms with Crippen molar-refractivity contribution in [3.63, 3.8) is 0 Å². The number of carbonyl (C=O) groups excluding carboxylic acids is 3. The second kappa shape index (κ2) is 12.0. The number of nitrogens with zero attached hydrogens (tertiary/aromatic N) is 5. The topological polar surface area (TPSA) is 96.8 Å². The molecule has 2 aromatic rings. The summed E-state index contributed by atoms with van der Waals surface area (Å²) in [6, 6.07) is 15.3. The van der Waals surface area contributed by atoms with Crippen LogP contribution in [0.4, 0.5) is 0 Å². The molecule has 42 heavy (non-hydrogen) atoms. The summed E-state index contributed by atoms with van der Waals surface area (Å²) in [5, 5.41) is 13.4. The molecule has 0 aromatic heterocycles. The molecule has 9 nitrogen and oxygen atoms in total. The van der Waals surface area contributed by atoms with Crippen LogP contribution >= 0.6 is 11.8 Å². The highest BCUT2D eigenvalue weighted by Crippen LogP contribution is 2.34. The van der Waals surface area contributed by atoms with Crippen LogP contribution in [0.1, 0.15) is 11.1 Å². The van der Waals surface area contributed by atoms with E-state index in [0.717, 1.165) is 16.7 Å². The van der Waals surface area contributed by atoms with Gasteiger partial charge < -0.3 is 14.9 Å². The number of allylic oxidation sites excluding steroid dienone is 2. The minimum absolute atomic E-state index is 0.0337. The molecule has 2 saturated heterocycles. The van der Waals surface area contributed by atoms with Crippen LogP contribution in [0.3, 0.4) is 0 Å². The molecule has 10 heteroatoms. The fraction of sp³-hybridized carbons (Fsp3) is 0.312. The summed E-state index contributed by atoms with van der Waals surface area (Å²) in [6.45, 7) is 4.68. The van der Waals surface area contributed by atoms with E-state index >= 15 is 0 Å². The minimum Gasteiger partial charge on any atom is -0.508 e. The Hall–Kier alpha value is -4.15. The molecule has 3 heterocycles. The molecule has 4 unspecified atom stereocenters. The van der Waals surface area contributed by atoms with Gasteiger partial charge in [-0.3, -0.25) is 19.4 Å². The fourth-order valence-electron chi connectivity index (χ4n) is 6.15. The molecule has 6 rings (SSSR count). The number of aliphatic imine (C=N–C) groups is 1. The highest BCUT2D eigenvalue weighted by molar-refractivity contribution is 8.13. The van der Waals surface area contributed by atoms with Crippen molar-refractivity contribution in [3.8, 4) is 5.75 Å². The monoisotopic (exact) mass is 583 g/mol. The van der Waals surface area contributed by atoms with Crippen LogP contribution in [0, 0.1) is 0 Å². The second-order valence-corrected chi connectivity index (χ2v) is 11.9. The molecule has 2 fully saturated rings. The number of amides is 3. The van der Waals surface area contributed by atoms with E-state index in [1.165, 1.54) is 0 Å². The maximum absolute atomic E-state index is 14.2. The van der Waals surface area contributed by atoms with E-state index in [2.05, 4.69) is 17.6 Å². The van der Waals surface area contributed by atoms with Crippen LogP contribution < -0.4 is 0 Å². The summed E-state index contributed by atoms with van der Waals surface area (Å²) >= 11 is 1.66. The van der Waals surface area contributed by atoms with E-state index in [9.17, 15) is 19.5 Å². The molecule has 3 aliphatic heterocycles. The van der Waals surface area contributed by atoms with Gasteiger partial charge in [-0.2, -0.15) is 0 Å². The zero-order chi connectivity index (χ0) is 29.2. The van der Waals surface area contributed by atoms with Crippen molar-refractivity contribution in [2.75, 3.05) is 26.2 Å². The van der Waals surface area contributed by atoms with Gasteiger partial charge >= 0.3 is 0 Å². The second-order valence-electron chi connectivity index (χ2n) is 10.8. The van der Waals surface area contributed by atoms with Gasteiger partial charge in [0.15, 0.2) is 0 Å². The number of piperazine rings is 1. The van der Waals surface area contributed by atoms with Crippen molar-refractivity contribution in [2.24, 2.45) is 4.99 Å². The molecule has 0 spiro atoms. The number of benzene rings is 2. The van der Waals surface area contributed by atoms with Gasteiger partial charge in [0.1, 0.15) is 18.0 Å². The first-order valence-electron chi connectivity index (χ1n) is 14.1. The molecule has 0 bridgehead atoms. The summed E-state index contributed by atoms with van der Waals surface area (Å²) in [5.41, 5.74) is 4.58. The third-order valence-corrected chi connectivity index (χ3v) is 9.08. The van der Waals surface area contributed by atoms with Crippen molar-refractivity contribution >= 4 is 35.0 Å². The third-order valence-electron chi connectivity index (χ3n) is 8.10. The van der Waals surface area contributed by atoms with Gasteiger partial charge in [0.2, 0.25) is 17.7 Å². The Morgan fingerprint density at radius 3 is 2.64 bits per heavy atom. The first-order valence-corrected chi connectivity index (χ1v) is 15.0. The van der Waals surface area contributed by atoms with E-state index < -0.39 is 12.2 Å². The number of fused-ring (bicyclic) bond motifs is 2. The van der Waals surface area contributed by atoms with Crippen LogP contribution in [-0.2, 0) is 27.2 Å². The molecular weight excluding hydrogens is 550 g/mol. The number of hydrazine groups is 1. The number of phenols is 1. The van der Waals surface area contributed by atoms with Crippen molar-refractivity contribution in [2.45, 2.75) is 36.3 Å². The maximum Gasteiger partial charge on any atom is 0.246 e. The molecule has 216 valence electrons. The largest absolute Gasteiger partial charge is 0.508 e. The summed E-state index contributed by atoms with van der Waals surface area (Å²) in [6.07, 6.45) is 7.58. The molecule has 4 aliphatic rings. The SMILES string of the molecule is C=CCN1CC(=O)N2C(Cc3ccc(O)cc3)C(=O)N(CC3=CC=CC4SC=NC34)CC2N1C(=O)Cc1ccccc1. The lowest BCUT2D eigenvalue weighted by Crippen LogP contribution is -2.76. The van der Waals surface area contributed by atoms with E-state index in [4.69, 9.17) is 0 Å². The Morgan fingerprint density at radius 2 is 1.88 bits per heavy atom. The van der Waals surface area contributed by atoms with Gasteiger partial charge in [0, 0.05) is 19.5 Å². The van der Waals surface area contributed by atoms with Crippen LogP contribution in [0.5, 0.6) is 5.75 Å². The van der Waals surface area contributed by atoms with Crippen molar-refractivity contribution in [1.29, 1.82) is 0 Å². The average Bonchev–Trinajstić information content (AvgIpc) is 3.47. The standard InChI is InChI=1S/C32H33N5O4S/c1-2-15-35-20-30(40)36-26(16-23-11-13-25(38)14-12-23)32(41)34(18-24-9-6-10-27-31(24)33-21-42-27)19-28(36)37(35)29(39)17-22-7-4-3-5-8-22/h2-14,21,26-28,31,38H,1,15-20H2. The Labute approximate surface area is 249 Å². The number of aromatic hydroxyl groups is 1. The Morgan fingerprint density at radius 1 is 1.10 bits per heavy atom. The van der Waals surface area contributed by atoms with Gasteiger partial charge in [-0.05, 0) is 28.8 Å². The molecule has 3 amide bonds. The Balaban J connectivity index is 1.36. The average molecular weight is 584 g/mol. The van der Waals surface area contributed by atoms with Crippen LogP contribution in [0.2, 0.25) is 0 Å². The van der Waals surface area contributed by atoms with Gasteiger partial charge in [-0.25, -0.2) is 10.0 Å². The number of hydrogen-bond acceptors (Lipinski definition) is 7. The van der Waals surface area contributed by atoms with E-state index in [1.807, 2.05) is 48.0 Å². The number of rotatable bonds is 8. The first-order chi connectivity index (χ1) is 20.4. The smallest absolute Gasteiger partial charge is 0.246 e. The quantitative estimate of drug-likeness (QED) is 0.481. The predicted molar refractivity (Wildman–Crippen MR) is 162 cm³/mol. The van der Waals surface area contributed by atoms with Gasteiger partial charge in [-0.15, -0.1) is 18.3 Å². The first kappa shape index (κ1) is 28.0. The third kappa shape index (κ3) is 5.52. The van der Waals surface area contributed by atoms with Gasteiger partial charge in [0.05, 0.1) is 36.3 Å². The summed E-state index contributed by atoms with van der Waals surface area (Å²) < 4.78 is 0. The predicted octanol–water partition coefficient (Wildman–Crippen LogP) is 2.80. The summed E-state index contributed by atoms with van der Waals surface area (Å²) in [4.78, 5) is 50.0. The summed E-state index contributed by atoms with van der Waals surface area (Å²) in [5.74, 6) is -0.400. The molecule has 2 aromatic carbocycles. The van der Waals surface area contributed by atoms with Crippen molar-refractivity contribution in [1.82, 2.24) is 19.8 Å². The highest BCUT2D eigenvalue weighted by atomic mass is 32.2. The van der Waals surface area contributed by atoms with E-state index in [-0.39, 0.29) is 60.7 Å². The highest BCUT2D eigenvalue weighted by Gasteiger charge is 2.51. The number of thioether (sulfide) groups is 1. The van der Waals surface area contributed by atoms with Crippen LogP contribution in [0.25, 0.3) is 0 Å². The minimum atomic E-state index is -0.810. The lowest BCUT2D eigenvalue weighted by molar-refractivity contribution is -0.204. The van der Waals surface area contributed by atoms with Gasteiger partial charge in [-0.1, -0.05) is 66.8 Å². The number of hydrogen-bond donors (Lipinski definition) is 1. The molecule has 0 saturated carbocycles. The normalized spacial score (nSPS) is 25.3. The van der Waals surface area contributed by atoms with E-state index in [1.54, 1.807) is 61.9 Å². The lowest BCUT2D eigenvalue weighted by Gasteiger charge is -2.55. The molecule has 1 aliphatic carbocycles. The van der Waals surface area contributed by atoms with Crippen molar-refractivity contribution < 1.29 is 19.5 Å². The zero-order valence-corrected chi connectivity index (χ0v) is 24.0. The number of carbonyl (C=O) groups is 3. The van der Waals surface area contributed by atoms with Crippen LogP contribution in [0.15, 0.2) is 96.0 Å².